The molecule has 0 saturated carbocycles. The van der Waals surface area contributed by atoms with Gasteiger partial charge in [0.2, 0.25) is 5.91 Å². The van der Waals surface area contributed by atoms with Crippen LogP contribution in [0.5, 0.6) is 0 Å². The molecule has 0 spiro atoms. The summed E-state index contributed by atoms with van der Waals surface area (Å²) in [5.74, 6) is -0.295. The molecule has 20 heavy (non-hydrogen) atoms. The summed E-state index contributed by atoms with van der Waals surface area (Å²) < 4.78 is 5.54. The van der Waals surface area contributed by atoms with Crippen LogP contribution in [-0.4, -0.2) is 43.5 Å². The molecule has 1 fully saturated rings. The van der Waals surface area contributed by atoms with Gasteiger partial charge in [0.1, 0.15) is 0 Å². The number of hydrogen-bond acceptors (Lipinski definition) is 4. The van der Waals surface area contributed by atoms with Crippen molar-refractivity contribution in [3.63, 3.8) is 0 Å². The first-order valence-corrected chi connectivity index (χ1v) is 7.25. The van der Waals surface area contributed by atoms with E-state index in [0.29, 0.717) is 18.7 Å². The maximum Gasteiger partial charge on any atom is 0.337 e. The van der Waals surface area contributed by atoms with Crippen molar-refractivity contribution < 1.29 is 14.3 Å². The summed E-state index contributed by atoms with van der Waals surface area (Å²) in [4.78, 5) is 25.1. The number of nitrogens with zero attached hydrogens (tertiary/aromatic N) is 1. The Morgan fingerprint density at radius 2 is 2.30 bits per heavy atom. The summed E-state index contributed by atoms with van der Waals surface area (Å²) in [5.41, 5.74) is 1.56. The first kappa shape index (κ1) is 15.0. The van der Waals surface area contributed by atoms with Crippen LogP contribution >= 0.6 is 15.9 Å². The van der Waals surface area contributed by atoms with Crippen LogP contribution in [0.25, 0.3) is 0 Å². The van der Waals surface area contributed by atoms with Crippen LogP contribution in [0.3, 0.4) is 0 Å². The van der Waals surface area contributed by atoms with Crippen molar-refractivity contribution in [2.24, 2.45) is 0 Å². The molecule has 0 radical (unpaired) electrons. The SMILES string of the molecule is COC(=O)c1ccc(CN2CCCNC(=O)C2)c(Br)c1. The number of carbonyl (C=O) groups excluding carboxylic acids is 2. The van der Waals surface area contributed by atoms with Gasteiger partial charge < -0.3 is 10.1 Å². The minimum absolute atomic E-state index is 0.0600. The molecule has 0 aliphatic carbocycles. The van der Waals surface area contributed by atoms with Crippen LogP contribution in [0.1, 0.15) is 22.3 Å². The van der Waals surface area contributed by atoms with Crippen molar-refractivity contribution in [2.75, 3.05) is 26.7 Å². The number of amides is 1. The molecular weight excluding hydrogens is 324 g/mol. The van der Waals surface area contributed by atoms with E-state index in [4.69, 9.17) is 0 Å². The molecule has 5 nitrogen and oxygen atoms in total. The predicted octanol–water partition coefficient (Wildman–Crippen LogP) is 1.56. The van der Waals surface area contributed by atoms with Gasteiger partial charge in [0.15, 0.2) is 0 Å². The lowest BCUT2D eigenvalue weighted by Gasteiger charge is -2.19. The predicted molar refractivity (Wildman–Crippen MR) is 78.4 cm³/mol. The lowest BCUT2D eigenvalue weighted by atomic mass is 10.1. The Bertz CT molecular complexity index is 519. The van der Waals surface area contributed by atoms with Gasteiger partial charge in [-0.2, -0.15) is 0 Å². The molecule has 108 valence electrons. The number of halogens is 1. The van der Waals surface area contributed by atoms with Crippen LogP contribution in [0.15, 0.2) is 22.7 Å². The third kappa shape index (κ3) is 3.80. The summed E-state index contributed by atoms with van der Waals surface area (Å²) in [7, 11) is 1.36. The van der Waals surface area contributed by atoms with Crippen molar-refractivity contribution in [1.82, 2.24) is 10.2 Å². The van der Waals surface area contributed by atoms with Gasteiger partial charge in [-0.25, -0.2) is 4.79 Å². The topological polar surface area (TPSA) is 58.6 Å². The Kier molecular flexibility index (Phi) is 5.14. The molecule has 1 aliphatic rings. The molecule has 1 amide bonds. The fourth-order valence-electron chi connectivity index (χ4n) is 2.16. The van der Waals surface area contributed by atoms with E-state index in [2.05, 4.69) is 30.9 Å². The van der Waals surface area contributed by atoms with Crippen molar-refractivity contribution in [3.05, 3.63) is 33.8 Å². The molecule has 1 aliphatic heterocycles. The summed E-state index contributed by atoms with van der Waals surface area (Å²) in [6.07, 6.45) is 0.948. The standard InChI is InChI=1S/C14H17BrN2O3/c1-20-14(19)10-3-4-11(12(15)7-10)8-17-6-2-5-16-13(18)9-17/h3-4,7H,2,5-6,8-9H2,1H3,(H,16,18). The number of benzene rings is 1. The van der Waals surface area contributed by atoms with Gasteiger partial charge in [-0.1, -0.05) is 22.0 Å². The van der Waals surface area contributed by atoms with E-state index in [9.17, 15) is 9.59 Å². The molecule has 1 aromatic carbocycles. The largest absolute Gasteiger partial charge is 0.465 e. The van der Waals surface area contributed by atoms with Gasteiger partial charge >= 0.3 is 5.97 Å². The van der Waals surface area contributed by atoms with Crippen molar-refractivity contribution in [2.45, 2.75) is 13.0 Å². The monoisotopic (exact) mass is 340 g/mol. The number of carbonyl (C=O) groups is 2. The molecule has 1 saturated heterocycles. The normalized spacial score (nSPS) is 16.4. The Morgan fingerprint density at radius 3 is 3.00 bits per heavy atom. The first-order valence-electron chi connectivity index (χ1n) is 6.46. The van der Waals surface area contributed by atoms with E-state index in [0.717, 1.165) is 29.5 Å². The Morgan fingerprint density at radius 1 is 1.50 bits per heavy atom. The van der Waals surface area contributed by atoms with Crippen molar-refractivity contribution >= 4 is 27.8 Å². The number of nitrogens with one attached hydrogen (secondary N) is 1. The molecule has 1 aromatic rings. The molecule has 1 N–H and O–H groups in total. The minimum Gasteiger partial charge on any atom is -0.465 e. The fraction of sp³-hybridized carbons (Fsp3) is 0.429. The molecule has 0 aromatic heterocycles. The summed E-state index contributed by atoms with van der Waals surface area (Å²) in [5, 5.41) is 2.85. The van der Waals surface area contributed by atoms with Gasteiger partial charge in [-0.05, 0) is 24.1 Å². The van der Waals surface area contributed by atoms with Gasteiger partial charge in [-0.3, -0.25) is 9.69 Å². The van der Waals surface area contributed by atoms with Crippen LogP contribution in [-0.2, 0) is 16.1 Å². The second kappa shape index (κ2) is 6.85. The van der Waals surface area contributed by atoms with Gasteiger partial charge in [0, 0.05) is 24.1 Å². The van der Waals surface area contributed by atoms with E-state index in [1.54, 1.807) is 12.1 Å². The third-order valence-corrected chi connectivity index (χ3v) is 3.95. The molecule has 0 unspecified atom stereocenters. The number of rotatable bonds is 3. The highest BCUT2D eigenvalue weighted by molar-refractivity contribution is 9.10. The molecule has 6 heteroatoms. The van der Waals surface area contributed by atoms with Crippen LogP contribution in [0.2, 0.25) is 0 Å². The van der Waals surface area contributed by atoms with Gasteiger partial charge in [-0.15, -0.1) is 0 Å². The summed E-state index contributed by atoms with van der Waals surface area (Å²) in [6, 6.07) is 5.38. The quantitative estimate of drug-likeness (QED) is 0.848. The zero-order valence-electron chi connectivity index (χ0n) is 11.3. The molecule has 0 atom stereocenters. The van der Waals surface area contributed by atoms with Gasteiger partial charge in [0.05, 0.1) is 19.2 Å². The van der Waals surface area contributed by atoms with E-state index in [1.165, 1.54) is 7.11 Å². The van der Waals surface area contributed by atoms with Crippen LogP contribution < -0.4 is 5.32 Å². The first-order chi connectivity index (χ1) is 9.60. The van der Waals surface area contributed by atoms with Crippen LogP contribution in [0.4, 0.5) is 0 Å². The second-order valence-corrected chi connectivity index (χ2v) is 5.57. The van der Waals surface area contributed by atoms with E-state index in [-0.39, 0.29) is 11.9 Å². The molecule has 1 heterocycles. The van der Waals surface area contributed by atoms with Crippen molar-refractivity contribution in [3.8, 4) is 0 Å². The molecule has 0 bridgehead atoms. The smallest absolute Gasteiger partial charge is 0.337 e. The third-order valence-electron chi connectivity index (χ3n) is 3.21. The van der Waals surface area contributed by atoms with Crippen molar-refractivity contribution in [1.29, 1.82) is 0 Å². The van der Waals surface area contributed by atoms with Gasteiger partial charge in [0.25, 0.3) is 0 Å². The lowest BCUT2D eigenvalue weighted by molar-refractivity contribution is -0.121. The lowest BCUT2D eigenvalue weighted by Crippen LogP contribution is -2.32. The zero-order chi connectivity index (χ0) is 14.5. The Balaban J connectivity index is 2.09. The molecular formula is C14H17BrN2O3. The van der Waals surface area contributed by atoms with E-state index < -0.39 is 0 Å². The number of methoxy groups -OCH3 is 1. The summed E-state index contributed by atoms with van der Waals surface area (Å²) >= 11 is 3.47. The van der Waals surface area contributed by atoms with E-state index in [1.807, 2.05) is 6.07 Å². The number of esters is 1. The zero-order valence-corrected chi connectivity index (χ0v) is 12.9. The average molecular weight is 341 g/mol. The summed E-state index contributed by atoms with van der Waals surface area (Å²) in [6.45, 7) is 2.70. The highest BCUT2D eigenvalue weighted by Crippen LogP contribution is 2.21. The highest BCUT2D eigenvalue weighted by atomic mass is 79.9. The Labute approximate surface area is 126 Å². The minimum atomic E-state index is -0.355. The number of ether oxygens (including phenoxy) is 1. The molecule has 2 rings (SSSR count). The highest BCUT2D eigenvalue weighted by Gasteiger charge is 2.16. The van der Waals surface area contributed by atoms with Crippen LogP contribution in [0, 0.1) is 0 Å². The fourth-order valence-corrected chi connectivity index (χ4v) is 2.67. The Hall–Kier alpha value is -1.40. The van der Waals surface area contributed by atoms with E-state index >= 15 is 0 Å². The number of hydrogen-bond donors (Lipinski definition) is 1. The average Bonchev–Trinajstić information content (AvgIpc) is 2.64. The maximum absolute atomic E-state index is 11.5. The second-order valence-electron chi connectivity index (χ2n) is 4.71. The maximum atomic E-state index is 11.5.